The van der Waals surface area contributed by atoms with E-state index in [9.17, 15) is 0 Å². The Bertz CT molecular complexity index is 478. The molecule has 0 aliphatic carbocycles. The maximum absolute atomic E-state index is 4.32. The summed E-state index contributed by atoms with van der Waals surface area (Å²) in [6.07, 6.45) is 7.57. The Morgan fingerprint density at radius 1 is 1.16 bits per heavy atom. The predicted molar refractivity (Wildman–Crippen MR) is 76.9 cm³/mol. The molecule has 0 radical (unpaired) electrons. The highest BCUT2D eigenvalue weighted by atomic mass is 15.1. The fourth-order valence-corrected chi connectivity index (χ4v) is 2.97. The number of hydrogen-bond donors (Lipinski definition) is 1. The topological polar surface area (TPSA) is 31.9 Å². The van der Waals surface area contributed by atoms with Crippen molar-refractivity contribution in [1.29, 1.82) is 0 Å². The summed E-state index contributed by atoms with van der Waals surface area (Å²) in [5.74, 6) is 1.81. The molecule has 19 heavy (non-hydrogen) atoms. The van der Waals surface area contributed by atoms with Crippen LogP contribution in [0, 0.1) is 0 Å². The van der Waals surface area contributed by atoms with E-state index in [4.69, 9.17) is 0 Å². The van der Waals surface area contributed by atoms with Crippen molar-refractivity contribution < 1.29 is 0 Å². The van der Waals surface area contributed by atoms with Crippen LogP contribution in [-0.4, -0.2) is 28.0 Å². The van der Waals surface area contributed by atoms with Crippen molar-refractivity contribution in [1.82, 2.24) is 14.9 Å². The number of nitrogens with one attached hydrogen (secondary N) is 1. The molecule has 3 rings (SSSR count). The molecular weight excluding hydrogens is 234 g/mol. The molecule has 2 aromatic rings. The Kier molecular flexibility index (Phi) is 3.94. The van der Waals surface area contributed by atoms with Gasteiger partial charge in [0.15, 0.2) is 0 Å². The number of benzene rings is 1. The summed E-state index contributed by atoms with van der Waals surface area (Å²) in [6.45, 7) is 3.30. The number of nitrogens with zero attached hydrogens (tertiary/aromatic N) is 2. The Balaban J connectivity index is 1.60. The number of hydrogen-bond acceptors (Lipinski definition) is 2. The predicted octanol–water partition coefficient (Wildman–Crippen LogP) is 3.18. The minimum Gasteiger partial charge on any atom is -0.348 e. The normalized spacial score (nSPS) is 21.2. The molecule has 0 spiro atoms. The van der Waals surface area contributed by atoms with Crippen LogP contribution in [0.25, 0.3) is 0 Å². The lowest BCUT2D eigenvalue weighted by molar-refractivity contribution is 0.269. The zero-order valence-corrected chi connectivity index (χ0v) is 11.3. The fraction of sp³-hybridized carbons (Fsp3) is 0.438. The van der Waals surface area contributed by atoms with E-state index in [2.05, 4.69) is 45.2 Å². The molecule has 3 heteroatoms. The van der Waals surface area contributed by atoms with Crippen LogP contribution < -0.4 is 0 Å². The molecule has 1 aliphatic heterocycles. The number of likely N-dealkylation sites (tertiary alicyclic amines) is 1. The number of imidazole rings is 1. The summed E-state index contributed by atoms with van der Waals surface area (Å²) >= 11 is 0. The molecule has 3 nitrogen and oxygen atoms in total. The van der Waals surface area contributed by atoms with E-state index >= 15 is 0 Å². The van der Waals surface area contributed by atoms with Gasteiger partial charge < -0.3 is 4.98 Å². The standard InChI is InChI=1S/C16H21N3/c1-2-5-14(6-3-1)15-7-4-11-19(12-8-15)13-16-17-9-10-18-16/h1-3,5-6,9-10,15H,4,7-8,11-13H2,(H,17,18)/t15-/m1/s1. The zero-order chi connectivity index (χ0) is 12.9. The second kappa shape index (κ2) is 6.02. The summed E-state index contributed by atoms with van der Waals surface area (Å²) in [7, 11) is 0. The maximum atomic E-state index is 4.32. The molecule has 100 valence electrons. The van der Waals surface area contributed by atoms with Gasteiger partial charge in [-0.1, -0.05) is 30.3 Å². The monoisotopic (exact) mass is 255 g/mol. The Labute approximate surface area is 114 Å². The number of H-pyrrole nitrogens is 1. The first kappa shape index (κ1) is 12.4. The molecule has 2 heterocycles. The summed E-state index contributed by atoms with van der Waals surface area (Å²) in [6, 6.07) is 10.9. The van der Waals surface area contributed by atoms with Gasteiger partial charge in [0.25, 0.3) is 0 Å². The van der Waals surface area contributed by atoms with Gasteiger partial charge in [0.05, 0.1) is 6.54 Å². The summed E-state index contributed by atoms with van der Waals surface area (Å²) in [4.78, 5) is 10.0. The molecule has 1 N–H and O–H groups in total. The molecule has 0 unspecified atom stereocenters. The quantitative estimate of drug-likeness (QED) is 0.913. The van der Waals surface area contributed by atoms with Crippen molar-refractivity contribution in [2.75, 3.05) is 13.1 Å². The van der Waals surface area contributed by atoms with Gasteiger partial charge in [-0.15, -0.1) is 0 Å². The van der Waals surface area contributed by atoms with Crippen LogP contribution in [0.2, 0.25) is 0 Å². The van der Waals surface area contributed by atoms with E-state index in [1.807, 2.05) is 12.4 Å². The van der Waals surface area contributed by atoms with E-state index in [1.54, 1.807) is 0 Å². The number of aromatic nitrogens is 2. The average Bonchev–Trinajstić information content (AvgIpc) is 2.85. The van der Waals surface area contributed by atoms with Crippen LogP contribution in [0.3, 0.4) is 0 Å². The second-order valence-electron chi connectivity index (χ2n) is 5.35. The van der Waals surface area contributed by atoms with E-state index < -0.39 is 0 Å². The van der Waals surface area contributed by atoms with Crippen molar-refractivity contribution in [2.45, 2.75) is 31.7 Å². The lowest BCUT2D eigenvalue weighted by Crippen LogP contribution is -2.24. The molecule has 0 amide bonds. The highest BCUT2D eigenvalue weighted by Crippen LogP contribution is 2.28. The third-order valence-corrected chi connectivity index (χ3v) is 4.02. The SMILES string of the molecule is c1ccc([C@@H]2CCCN(Cc3ncc[nH]3)CC2)cc1. The fourth-order valence-electron chi connectivity index (χ4n) is 2.97. The number of aromatic amines is 1. The second-order valence-corrected chi connectivity index (χ2v) is 5.35. The van der Waals surface area contributed by atoms with Gasteiger partial charge in [0.1, 0.15) is 5.82 Å². The van der Waals surface area contributed by atoms with Crippen LogP contribution in [0.15, 0.2) is 42.7 Å². The highest BCUT2D eigenvalue weighted by molar-refractivity contribution is 5.19. The minimum atomic E-state index is 0.725. The van der Waals surface area contributed by atoms with Crippen LogP contribution in [0.5, 0.6) is 0 Å². The third-order valence-electron chi connectivity index (χ3n) is 4.02. The minimum absolute atomic E-state index is 0.725. The summed E-state index contributed by atoms with van der Waals surface area (Å²) in [5, 5.41) is 0. The third kappa shape index (κ3) is 3.24. The molecule has 1 saturated heterocycles. The average molecular weight is 255 g/mol. The van der Waals surface area contributed by atoms with Gasteiger partial charge in [0.2, 0.25) is 0 Å². The maximum Gasteiger partial charge on any atom is 0.120 e. The molecule has 1 aromatic carbocycles. The first-order chi connectivity index (χ1) is 9.42. The molecule has 1 aromatic heterocycles. The zero-order valence-electron chi connectivity index (χ0n) is 11.3. The highest BCUT2D eigenvalue weighted by Gasteiger charge is 2.18. The van der Waals surface area contributed by atoms with Gasteiger partial charge in [-0.05, 0) is 43.8 Å². The first-order valence-electron chi connectivity index (χ1n) is 7.17. The van der Waals surface area contributed by atoms with Crippen molar-refractivity contribution in [2.24, 2.45) is 0 Å². The molecular formula is C16H21N3. The van der Waals surface area contributed by atoms with E-state index in [0.29, 0.717) is 0 Å². The van der Waals surface area contributed by atoms with Gasteiger partial charge in [-0.2, -0.15) is 0 Å². The molecule has 0 bridgehead atoms. The molecule has 0 saturated carbocycles. The van der Waals surface area contributed by atoms with Crippen LogP contribution in [-0.2, 0) is 6.54 Å². The van der Waals surface area contributed by atoms with Gasteiger partial charge in [-0.3, -0.25) is 4.90 Å². The van der Waals surface area contributed by atoms with E-state index in [1.165, 1.54) is 37.9 Å². The van der Waals surface area contributed by atoms with Crippen molar-refractivity contribution in [3.63, 3.8) is 0 Å². The Morgan fingerprint density at radius 2 is 2.05 bits per heavy atom. The number of rotatable bonds is 3. The smallest absolute Gasteiger partial charge is 0.120 e. The van der Waals surface area contributed by atoms with Crippen molar-refractivity contribution in [3.8, 4) is 0 Å². The van der Waals surface area contributed by atoms with Crippen molar-refractivity contribution >= 4 is 0 Å². The lowest BCUT2D eigenvalue weighted by Gasteiger charge is -2.18. The van der Waals surface area contributed by atoms with Crippen LogP contribution in [0.4, 0.5) is 0 Å². The Morgan fingerprint density at radius 3 is 2.84 bits per heavy atom. The summed E-state index contributed by atoms with van der Waals surface area (Å²) in [5.41, 5.74) is 1.50. The van der Waals surface area contributed by atoms with E-state index in [0.717, 1.165) is 18.3 Å². The van der Waals surface area contributed by atoms with Crippen LogP contribution in [0.1, 0.15) is 36.6 Å². The molecule has 1 aliphatic rings. The van der Waals surface area contributed by atoms with Crippen molar-refractivity contribution in [3.05, 3.63) is 54.1 Å². The first-order valence-corrected chi connectivity index (χ1v) is 7.17. The van der Waals surface area contributed by atoms with Gasteiger partial charge >= 0.3 is 0 Å². The van der Waals surface area contributed by atoms with E-state index in [-0.39, 0.29) is 0 Å². The van der Waals surface area contributed by atoms with Gasteiger partial charge in [-0.25, -0.2) is 4.98 Å². The van der Waals surface area contributed by atoms with Crippen LogP contribution >= 0.6 is 0 Å². The van der Waals surface area contributed by atoms with Gasteiger partial charge in [0, 0.05) is 12.4 Å². The largest absolute Gasteiger partial charge is 0.348 e. The summed E-state index contributed by atoms with van der Waals surface area (Å²) < 4.78 is 0. The Hall–Kier alpha value is -1.61. The lowest BCUT2D eigenvalue weighted by atomic mass is 9.92. The molecule has 1 fully saturated rings. The molecule has 1 atom stereocenters.